The number of fused-ring (bicyclic) bond motifs is 1. The molecule has 0 aliphatic heterocycles. The highest BCUT2D eigenvalue weighted by molar-refractivity contribution is 6.30. The molecule has 0 saturated heterocycles. The molecular weight excluding hydrogens is 324 g/mol. The van der Waals surface area contributed by atoms with E-state index in [9.17, 15) is 0 Å². The molecule has 1 aliphatic rings. The Morgan fingerprint density at radius 1 is 0.920 bits per heavy atom. The van der Waals surface area contributed by atoms with Gasteiger partial charge < -0.3 is 0 Å². The van der Waals surface area contributed by atoms with Crippen LogP contribution >= 0.6 is 11.6 Å². The number of hydrogen-bond donors (Lipinski definition) is 0. The molecule has 0 spiro atoms. The largest absolute Gasteiger partial charge is 0.0988 e. The minimum absolute atomic E-state index is 0. The fourth-order valence-corrected chi connectivity index (χ4v) is 3.26. The van der Waals surface area contributed by atoms with Gasteiger partial charge in [0.15, 0.2) is 0 Å². The molecule has 2 aromatic rings. The molecule has 2 aromatic carbocycles. The smallest absolute Gasteiger partial charge is 0.0409 e. The quantitative estimate of drug-likeness (QED) is 0.505. The Labute approximate surface area is 160 Å². The van der Waals surface area contributed by atoms with Crippen LogP contribution < -0.4 is 0 Å². The van der Waals surface area contributed by atoms with Crippen molar-refractivity contribution in [3.63, 3.8) is 0 Å². The van der Waals surface area contributed by atoms with Crippen LogP contribution in [0.2, 0.25) is 5.02 Å². The molecule has 136 valence electrons. The third kappa shape index (κ3) is 4.86. The number of halogens is 1. The zero-order valence-electron chi connectivity index (χ0n) is 15.8. The molecule has 25 heavy (non-hydrogen) atoms. The Morgan fingerprint density at radius 2 is 1.52 bits per heavy atom. The van der Waals surface area contributed by atoms with Crippen molar-refractivity contribution in [1.82, 2.24) is 0 Å². The molecule has 0 nitrogen and oxygen atoms in total. The van der Waals surface area contributed by atoms with Gasteiger partial charge in [0.05, 0.1) is 0 Å². The average Bonchev–Trinajstić information content (AvgIpc) is 2.95. The first kappa shape index (κ1) is 23.2. The summed E-state index contributed by atoms with van der Waals surface area (Å²) in [6.45, 7) is 16.2. The van der Waals surface area contributed by atoms with Gasteiger partial charge in [-0.2, -0.15) is 0 Å². The number of aryl methyl sites for hydroxylation is 1. The maximum Gasteiger partial charge on any atom is 0.0409 e. The third-order valence-corrected chi connectivity index (χ3v) is 4.39. The molecule has 0 bridgehead atoms. The first-order valence-electron chi connectivity index (χ1n) is 8.83. The Morgan fingerprint density at radius 3 is 2.08 bits per heavy atom. The number of allylic oxidation sites excluding steroid dienone is 3. The fraction of sp³-hybridized carbons (Fsp3) is 0.333. The van der Waals surface area contributed by atoms with E-state index >= 15 is 0 Å². The second-order valence-electron chi connectivity index (χ2n) is 5.32. The van der Waals surface area contributed by atoms with Crippen LogP contribution in [0.15, 0.2) is 54.6 Å². The molecule has 0 amide bonds. The van der Waals surface area contributed by atoms with Gasteiger partial charge in [-0.3, -0.25) is 0 Å². The summed E-state index contributed by atoms with van der Waals surface area (Å²) in [5.74, 6) is 0. The van der Waals surface area contributed by atoms with Crippen molar-refractivity contribution in [2.24, 2.45) is 0 Å². The van der Waals surface area contributed by atoms with E-state index in [0.717, 1.165) is 11.4 Å². The molecule has 1 aliphatic carbocycles. The minimum Gasteiger partial charge on any atom is -0.0988 e. The van der Waals surface area contributed by atoms with Gasteiger partial charge in [0, 0.05) is 5.02 Å². The standard InChI is InChI=1S/C19H17Cl.2C2H6.CH4/c1-4-14-11-19-17(13(14)3)6-5-7-18(19)16-9-8-15(20)10-12(16)2;2*1-2;/h4-10H,1,11H2,2-3H3;2*1-2H3;1H4. The molecule has 1 heteroatoms. The predicted molar refractivity (Wildman–Crippen MR) is 118 cm³/mol. The second kappa shape index (κ2) is 10.9. The van der Waals surface area contributed by atoms with Crippen LogP contribution in [0.4, 0.5) is 0 Å². The Hall–Kier alpha value is -1.79. The first-order valence-corrected chi connectivity index (χ1v) is 9.20. The van der Waals surface area contributed by atoms with Crippen LogP contribution in [0, 0.1) is 6.92 Å². The minimum atomic E-state index is 0. The van der Waals surface area contributed by atoms with E-state index in [2.05, 4.69) is 44.7 Å². The summed E-state index contributed by atoms with van der Waals surface area (Å²) < 4.78 is 0. The van der Waals surface area contributed by atoms with Gasteiger partial charge in [-0.1, -0.05) is 83.6 Å². The number of benzene rings is 2. The van der Waals surface area contributed by atoms with Crippen LogP contribution in [0.1, 0.15) is 58.7 Å². The third-order valence-electron chi connectivity index (χ3n) is 4.15. The van der Waals surface area contributed by atoms with Crippen LogP contribution in [-0.4, -0.2) is 0 Å². The highest BCUT2D eigenvalue weighted by Crippen LogP contribution is 2.39. The Bertz CT molecular complexity index is 736. The molecule has 0 N–H and O–H groups in total. The molecule has 0 unspecified atom stereocenters. The summed E-state index contributed by atoms with van der Waals surface area (Å²) in [5, 5.41) is 0.792. The molecule has 0 saturated carbocycles. The summed E-state index contributed by atoms with van der Waals surface area (Å²) in [5.41, 5.74) is 9.24. The monoisotopic (exact) mass is 356 g/mol. The van der Waals surface area contributed by atoms with E-state index in [-0.39, 0.29) is 7.43 Å². The van der Waals surface area contributed by atoms with Crippen LogP contribution in [0.3, 0.4) is 0 Å². The van der Waals surface area contributed by atoms with Gasteiger partial charge in [-0.05, 0) is 71.4 Å². The zero-order chi connectivity index (χ0) is 18.3. The lowest BCUT2D eigenvalue weighted by Gasteiger charge is -2.12. The maximum absolute atomic E-state index is 6.07. The van der Waals surface area contributed by atoms with Crippen LogP contribution in [0.5, 0.6) is 0 Å². The van der Waals surface area contributed by atoms with Crippen molar-refractivity contribution in [3.8, 4) is 11.1 Å². The van der Waals surface area contributed by atoms with Crippen molar-refractivity contribution in [3.05, 3.63) is 76.3 Å². The van der Waals surface area contributed by atoms with Gasteiger partial charge in [-0.25, -0.2) is 0 Å². The molecule has 0 aromatic heterocycles. The summed E-state index contributed by atoms with van der Waals surface area (Å²) in [6, 6.07) is 12.7. The van der Waals surface area contributed by atoms with Crippen molar-refractivity contribution in [1.29, 1.82) is 0 Å². The predicted octanol–water partition coefficient (Wildman–Crippen LogP) is 8.52. The fourth-order valence-electron chi connectivity index (χ4n) is 3.03. The van der Waals surface area contributed by atoms with E-state index in [4.69, 9.17) is 11.6 Å². The lowest BCUT2D eigenvalue weighted by molar-refractivity contribution is 1.24. The lowest BCUT2D eigenvalue weighted by Crippen LogP contribution is -1.92. The van der Waals surface area contributed by atoms with Crippen molar-refractivity contribution < 1.29 is 0 Å². The van der Waals surface area contributed by atoms with E-state index < -0.39 is 0 Å². The highest BCUT2D eigenvalue weighted by Gasteiger charge is 2.20. The molecular formula is C24H33Cl. The average molecular weight is 357 g/mol. The topological polar surface area (TPSA) is 0 Å². The van der Waals surface area contributed by atoms with Gasteiger partial charge in [0.1, 0.15) is 0 Å². The van der Waals surface area contributed by atoms with Gasteiger partial charge in [0.2, 0.25) is 0 Å². The highest BCUT2D eigenvalue weighted by atomic mass is 35.5. The Balaban J connectivity index is 0.00000108. The van der Waals surface area contributed by atoms with Gasteiger partial charge in [-0.15, -0.1) is 0 Å². The zero-order valence-corrected chi connectivity index (χ0v) is 16.6. The van der Waals surface area contributed by atoms with Crippen LogP contribution in [-0.2, 0) is 6.42 Å². The van der Waals surface area contributed by atoms with Gasteiger partial charge in [0.25, 0.3) is 0 Å². The van der Waals surface area contributed by atoms with Gasteiger partial charge >= 0.3 is 0 Å². The van der Waals surface area contributed by atoms with Crippen molar-refractivity contribution >= 4 is 17.2 Å². The summed E-state index contributed by atoms with van der Waals surface area (Å²) in [6.07, 6.45) is 2.96. The van der Waals surface area contributed by atoms with Crippen LogP contribution in [0.25, 0.3) is 16.7 Å². The molecule has 0 fully saturated rings. The van der Waals surface area contributed by atoms with Crippen molar-refractivity contribution in [2.75, 3.05) is 0 Å². The molecule has 0 radical (unpaired) electrons. The number of hydrogen-bond acceptors (Lipinski definition) is 0. The Kier molecular flexibility index (Phi) is 10.2. The SMILES string of the molecule is C.C=CC1=C(C)c2cccc(-c3ccc(Cl)cc3C)c2C1.CC.CC. The van der Waals surface area contributed by atoms with Crippen molar-refractivity contribution in [2.45, 2.75) is 55.4 Å². The number of rotatable bonds is 2. The van der Waals surface area contributed by atoms with E-state index in [1.54, 1.807) is 0 Å². The maximum atomic E-state index is 6.07. The van der Waals surface area contributed by atoms with E-state index in [1.807, 2.05) is 45.9 Å². The summed E-state index contributed by atoms with van der Waals surface area (Å²) in [4.78, 5) is 0. The van der Waals surface area contributed by atoms with E-state index in [1.165, 1.54) is 39.0 Å². The summed E-state index contributed by atoms with van der Waals surface area (Å²) >= 11 is 6.07. The molecule has 0 atom stereocenters. The molecule has 3 rings (SSSR count). The first-order chi connectivity index (χ1) is 11.6. The molecule has 0 heterocycles. The summed E-state index contributed by atoms with van der Waals surface area (Å²) in [7, 11) is 0. The second-order valence-corrected chi connectivity index (χ2v) is 5.76. The van der Waals surface area contributed by atoms with E-state index in [0.29, 0.717) is 0 Å². The lowest BCUT2D eigenvalue weighted by atomic mass is 9.92. The normalized spacial score (nSPS) is 11.3.